The molecule has 1 fully saturated rings. The predicted molar refractivity (Wildman–Crippen MR) is 82.2 cm³/mol. The summed E-state index contributed by atoms with van der Waals surface area (Å²) in [6.45, 7) is 6.91. The number of benzene rings is 1. The van der Waals surface area contributed by atoms with Gasteiger partial charge in [0.15, 0.2) is 0 Å². The zero-order chi connectivity index (χ0) is 13.7. The van der Waals surface area contributed by atoms with Crippen LogP contribution < -0.4 is 5.73 Å². The van der Waals surface area contributed by atoms with Crippen LogP contribution in [-0.4, -0.2) is 24.0 Å². The summed E-state index contributed by atoms with van der Waals surface area (Å²) in [6, 6.07) is 9.41. The minimum atomic E-state index is 0.177. The second-order valence-corrected chi connectivity index (χ2v) is 5.99. The fourth-order valence-electron chi connectivity index (χ4n) is 3.13. The van der Waals surface area contributed by atoms with Crippen molar-refractivity contribution in [2.45, 2.75) is 58.0 Å². The molecule has 2 nitrogen and oxygen atoms in total. The van der Waals surface area contributed by atoms with E-state index in [0.717, 1.165) is 19.0 Å². The average Bonchev–Trinajstić information content (AvgIpc) is 2.61. The number of nitrogens with zero attached hydrogens (tertiary/aromatic N) is 1. The van der Waals surface area contributed by atoms with Crippen molar-refractivity contribution in [3.63, 3.8) is 0 Å². The van der Waals surface area contributed by atoms with Gasteiger partial charge in [0.25, 0.3) is 0 Å². The summed E-state index contributed by atoms with van der Waals surface area (Å²) in [5.41, 5.74) is 9.00. The van der Waals surface area contributed by atoms with Crippen LogP contribution in [0.15, 0.2) is 24.3 Å². The molecular weight excluding hydrogens is 232 g/mol. The first-order chi connectivity index (χ1) is 9.18. The monoisotopic (exact) mass is 260 g/mol. The van der Waals surface area contributed by atoms with Crippen molar-refractivity contribution in [2.24, 2.45) is 5.73 Å². The van der Waals surface area contributed by atoms with Gasteiger partial charge in [-0.1, -0.05) is 37.1 Å². The Morgan fingerprint density at radius 2 is 2.05 bits per heavy atom. The Balaban J connectivity index is 1.89. The molecule has 0 aliphatic carbocycles. The number of likely N-dealkylation sites (tertiary alicyclic amines) is 1. The predicted octanol–water partition coefficient (Wildman–Crippen LogP) is 3.65. The number of rotatable bonds is 4. The smallest absolute Gasteiger partial charge is 0.0309 e. The van der Waals surface area contributed by atoms with Crippen molar-refractivity contribution in [1.82, 2.24) is 4.90 Å². The van der Waals surface area contributed by atoms with Crippen molar-refractivity contribution in [3.05, 3.63) is 35.4 Å². The summed E-state index contributed by atoms with van der Waals surface area (Å²) in [6.07, 6.45) is 6.55. The van der Waals surface area contributed by atoms with E-state index in [1.165, 1.54) is 43.4 Å². The molecule has 19 heavy (non-hydrogen) atoms. The van der Waals surface area contributed by atoms with E-state index in [1.807, 2.05) is 0 Å². The van der Waals surface area contributed by atoms with E-state index in [0.29, 0.717) is 0 Å². The van der Waals surface area contributed by atoms with E-state index in [4.69, 9.17) is 5.73 Å². The highest BCUT2D eigenvalue weighted by Crippen LogP contribution is 2.21. The van der Waals surface area contributed by atoms with Crippen LogP contribution in [-0.2, 0) is 0 Å². The molecule has 0 aromatic heterocycles. The summed E-state index contributed by atoms with van der Waals surface area (Å²) in [4.78, 5) is 2.63. The Bertz CT molecular complexity index is 389. The molecular formula is C17H28N2. The number of nitrogens with two attached hydrogens (primary N) is 1. The van der Waals surface area contributed by atoms with Crippen LogP contribution in [0.2, 0.25) is 0 Å². The van der Waals surface area contributed by atoms with E-state index in [1.54, 1.807) is 0 Å². The zero-order valence-corrected chi connectivity index (χ0v) is 12.4. The molecule has 2 rings (SSSR count). The highest BCUT2D eigenvalue weighted by molar-refractivity contribution is 5.28. The Labute approximate surface area is 118 Å². The van der Waals surface area contributed by atoms with Crippen molar-refractivity contribution in [3.8, 4) is 0 Å². The van der Waals surface area contributed by atoms with Gasteiger partial charge in [0.2, 0.25) is 0 Å². The number of aryl methyl sites for hydroxylation is 1. The van der Waals surface area contributed by atoms with Gasteiger partial charge < -0.3 is 10.6 Å². The Morgan fingerprint density at radius 3 is 2.84 bits per heavy atom. The lowest BCUT2D eigenvalue weighted by molar-refractivity contribution is 0.206. The second kappa shape index (κ2) is 7.06. The standard InChI is InChI=1S/C17H28N2/c1-14-8-5-6-10-16(14)17(18)11-13-19-12-7-3-4-9-15(19)2/h5-6,8,10,15,17H,3-4,7,9,11-13,18H2,1-2H3. The first-order valence-electron chi connectivity index (χ1n) is 7.73. The molecule has 0 spiro atoms. The molecule has 106 valence electrons. The topological polar surface area (TPSA) is 29.3 Å². The molecule has 1 saturated heterocycles. The Morgan fingerprint density at radius 1 is 1.26 bits per heavy atom. The van der Waals surface area contributed by atoms with Gasteiger partial charge in [0.05, 0.1) is 0 Å². The molecule has 0 saturated carbocycles. The molecule has 2 N–H and O–H groups in total. The quantitative estimate of drug-likeness (QED) is 0.895. The fourth-order valence-corrected chi connectivity index (χ4v) is 3.13. The summed E-state index contributed by atoms with van der Waals surface area (Å²) < 4.78 is 0. The number of hydrogen-bond donors (Lipinski definition) is 1. The summed E-state index contributed by atoms with van der Waals surface area (Å²) in [5.74, 6) is 0. The molecule has 0 amide bonds. The normalized spacial score (nSPS) is 23.0. The number of hydrogen-bond acceptors (Lipinski definition) is 2. The summed E-state index contributed by atoms with van der Waals surface area (Å²) in [7, 11) is 0. The molecule has 2 atom stereocenters. The van der Waals surface area contributed by atoms with Gasteiger partial charge in [0.1, 0.15) is 0 Å². The maximum absolute atomic E-state index is 6.37. The van der Waals surface area contributed by atoms with Crippen LogP contribution in [0.1, 0.15) is 56.2 Å². The maximum atomic E-state index is 6.37. The SMILES string of the molecule is Cc1ccccc1C(N)CCN1CCCCCC1C. The largest absolute Gasteiger partial charge is 0.324 e. The van der Waals surface area contributed by atoms with Crippen LogP contribution >= 0.6 is 0 Å². The first-order valence-corrected chi connectivity index (χ1v) is 7.73. The van der Waals surface area contributed by atoms with Crippen molar-refractivity contribution in [1.29, 1.82) is 0 Å². The maximum Gasteiger partial charge on any atom is 0.0309 e. The zero-order valence-electron chi connectivity index (χ0n) is 12.4. The van der Waals surface area contributed by atoms with Gasteiger partial charge in [-0.2, -0.15) is 0 Å². The molecule has 1 aromatic carbocycles. The minimum absolute atomic E-state index is 0.177. The molecule has 1 heterocycles. The summed E-state index contributed by atoms with van der Waals surface area (Å²) in [5, 5.41) is 0. The van der Waals surface area contributed by atoms with Crippen molar-refractivity contribution < 1.29 is 0 Å². The van der Waals surface area contributed by atoms with Gasteiger partial charge in [-0.3, -0.25) is 0 Å². The molecule has 2 heteroatoms. The van der Waals surface area contributed by atoms with Gasteiger partial charge >= 0.3 is 0 Å². The average molecular weight is 260 g/mol. The van der Waals surface area contributed by atoms with Crippen LogP contribution in [0, 0.1) is 6.92 Å². The minimum Gasteiger partial charge on any atom is -0.324 e. The van der Waals surface area contributed by atoms with E-state index >= 15 is 0 Å². The third-order valence-electron chi connectivity index (χ3n) is 4.51. The Kier molecular flexibility index (Phi) is 5.41. The van der Waals surface area contributed by atoms with Crippen LogP contribution in [0.3, 0.4) is 0 Å². The van der Waals surface area contributed by atoms with Crippen LogP contribution in [0.5, 0.6) is 0 Å². The highest BCUT2D eigenvalue weighted by atomic mass is 15.1. The summed E-state index contributed by atoms with van der Waals surface area (Å²) >= 11 is 0. The molecule has 0 bridgehead atoms. The van der Waals surface area contributed by atoms with Gasteiger partial charge in [-0.15, -0.1) is 0 Å². The van der Waals surface area contributed by atoms with Crippen molar-refractivity contribution in [2.75, 3.05) is 13.1 Å². The lowest BCUT2D eigenvalue weighted by atomic mass is 9.99. The molecule has 1 aromatic rings. The van der Waals surface area contributed by atoms with Crippen molar-refractivity contribution >= 4 is 0 Å². The van der Waals surface area contributed by atoms with Gasteiger partial charge in [0, 0.05) is 18.6 Å². The van der Waals surface area contributed by atoms with E-state index in [2.05, 4.69) is 43.0 Å². The van der Waals surface area contributed by atoms with E-state index in [-0.39, 0.29) is 6.04 Å². The fraction of sp³-hybridized carbons (Fsp3) is 0.647. The lowest BCUT2D eigenvalue weighted by Gasteiger charge is -2.28. The van der Waals surface area contributed by atoms with E-state index < -0.39 is 0 Å². The highest BCUT2D eigenvalue weighted by Gasteiger charge is 2.18. The molecule has 1 aliphatic rings. The lowest BCUT2D eigenvalue weighted by Crippen LogP contribution is -2.34. The van der Waals surface area contributed by atoms with Gasteiger partial charge in [-0.25, -0.2) is 0 Å². The molecule has 2 unspecified atom stereocenters. The molecule has 0 radical (unpaired) electrons. The Hall–Kier alpha value is -0.860. The first kappa shape index (κ1) is 14.5. The molecule has 1 aliphatic heterocycles. The second-order valence-electron chi connectivity index (χ2n) is 5.99. The van der Waals surface area contributed by atoms with Crippen LogP contribution in [0.25, 0.3) is 0 Å². The van der Waals surface area contributed by atoms with Crippen LogP contribution in [0.4, 0.5) is 0 Å². The van der Waals surface area contributed by atoms with Gasteiger partial charge in [-0.05, 0) is 50.8 Å². The third-order valence-corrected chi connectivity index (χ3v) is 4.51. The third kappa shape index (κ3) is 4.05. The van der Waals surface area contributed by atoms with E-state index in [9.17, 15) is 0 Å².